The molecule has 1 unspecified atom stereocenters. The quantitative estimate of drug-likeness (QED) is 0.806. The molecule has 0 fully saturated rings. The van der Waals surface area contributed by atoms with Gasteiger partial charge in [-0.05, 0) is 25.3 Å². The molecule has 2 N–H and O–H groups in total. The molecular formula is C15H24ClN3O. The molecule has 20 heavy (non-hydrogen) atoms. The Hall–Kier alpha value is -1.29. The normalized spacial score (nSPS) is 12.3. The van der Waals surface area contributed by atoms with Crippen LogP contribution in [0.1, 0.15) is 50.4 Å². The van der Waals surface area contributed by atoms with Gasteiger partial charge in [-0.3, -0.25) is 4.79 Å². The van der Waals surface area contributed by atoms with Gasteiger partial charge in [0.1, 0.15) is 5.82 Å². The summed E-state index contributed by atoms with van der Waals surface area (Å²) < 4.78 is 0. The van der Waals surface area contributed by atoms with E-state index in [0.717, 1.165) is 12.8 Å². The number of carbonyl (C=O) groups is 1. The van der Waals surface area contributed by atoms with Gasteiger partial charge in [-0.2, -0.15) is 0 Å². The number of nitrogens with one attached hydrogen (secondary N) is 2. The van der Waals surface area contributed by atoms with Crippen molar-refractivity contribution in [2.24, 2.45) is 5.92 Å². The number of pyridine rings is 1. The van der Waals surface area contributed by atoms with E-state index in [4.69, 9.17) is 11.6 Å². The van der Waals surface area contributed by atoms with Gasteiger partial charge in [0.05, 0.1) is 10.6 Å². The number of hydrogen-bond acceptors (Lipinski definition) is 3. The number of aromatic nitrogens is 1. The molecule has 0 aliphatic heterocycles. The zero-order valence-corrected chi connectivity index (χ0v) is 13.4. The lowest BCUT2D eigenvalue weighted by Crippen LogP contribution is -2.32. The highest BCUT2D eigenvalue weighted by Crippen LogP contribution is 2.19. The van der Waals surface area contributed by atoms with E-state index >= 15 is 0 Å². The Morgan fingerprint density at radius 1 is 1.35 bits per heavy atom. The molecule has 0 aliphatic rings. The second-order valence-electron chi connectivity index (χ2n) is 5.50. The number of anilines is 1. The van der Waals surface area contributed by atoms with Crippen LogP contribution in [0.2, 0.25) is 5.02 Å². The highest BCUT2D eigenvalue weighted by atomic mass is 35.5. The van der Waals surface area contributed by atoms with Crippen molar-refractivity contribution in [3.05, 3.63) is 22.8 Å². The smallest absolute Gasteiger partial charge is 0.253 e. The van der Waals surface area contributed by atoms with Crippen LogP contribution >= 0.6 is 11.6 Å². The van der Waals surface area contributed by atoms with E-state index in [2.05, 4.69) is 29.5 Å². The zero-order valence-electron chi connectivity index (χ0n) is 12.7. The molecule has 4 nitrogen and oxygen atoms in total. The summed E-state index contributed by atoms with van der Waals surface area (Å²) in [6, 6.07) is 1.79. The van der Waals surface area contributed by atoms with E-state index in [9.17, 15) is 4.79 Å². The Kier molecular flexibility index (Phi) is 6.79. The van der Waals surface area contributed by atoms with Crippen LogP contribution in [0.15, 0.2) is 12.3 Å². The lowest BCUT2D eigenvalue weighted by molar-refractivity contribution is 0.0937. The summed E-state index contributed by atoms with van der Waals surface area (Å²) in [5.41, 5.74) is 0.490. The van der Waals surface area contributed by atoms with E-state index in [0.29, 0.717) is 22.3 Å². The lowest BCUT2D eigenvalue weighted by Gasteiger charge is -2.15. The van der Waals surface area contributed by atoms with E-state index in [1.54, 1.807) is 13.1 Å². The van der Waals surface area contributed by atoms with Crippen molar-refractivity contribution >= 4 is 23.3 Å². The fourth-order valence-electron chi connectivity index (χ4n) is 1.96. The van der Waals surface area contributed by atoms with Gasteiger partial charge >= 0.3 is 0 Å². The number of hydrogen-bond donors (Lipinski definition) is 2. The minimum Gasteiger partial charge on any atom is -0.372 e. The average molecular weight is 298 g/mol. The van der Waals surface area contributed by atoms with Crippen molar-refractivity contribution < 1.29 is 4.79 Å². The molecule has 1 heterocycles. The molecule has 1 aromatic heterocycles. The summed E-state index contributed by atoms with van der Waals surface area (Å²) in [4.78, 5) is 16.2. The molecule has 0 aromatic carbocycles. The van der Waals surface area contributed by atoms with Crippen molar-refractivity contribution in [3.8, 4) is 0 Å². The second kappa shape index (κ2) is 8.10. The molecule has 1 rings (SSSR count). The van der Waals surface area contributed by atoms with Gasteiger partial charge < -0.3 is 10.6 Å². The Morgan fingerprint density at radius 2 is 2.05 bits per heavy atom. The fraction of sp³-hybridized carbons (Fsp3) is 0.600. The van der Waals surface area contributed by atoms with Gasteiger partial charge in [0, 0.05) is 19.3 Å². The number of nitrogens with zero attached hydrogens (tertiary/aromatic N) is 1. The molecule has 0 bridgehead atoms. The Bertz CT molecular complexity index is 449. The van der Waals surface area contributed by atoms with E-state index in [1.807, 2.05) is 6.92 Å². The van der Waals surface area contributed by atoms with Crippen LogP contribution in [0.5, 0.6) is 0 Å². The molecule has 0 saturated carbocycles. The topological polar surface area (TPSA) is 54.0 Å². The SMILES string of the molecule is CNc1ncc(C(=O)NC(C)CCCC(C)C)cc1Cl. The largest absolute Gasteiger partial charge is 0.372 e. The van der Waals surface area contributed by atoms with Crippen LogP contribution in [0.4, 0.5) is 5.82 Å². The number of rotatable bonds is 7. The maximum atomic E-state index is 12.1. The van der Waals surface area contributed by atoms with Crippen molar-refractivity contribution in [1.29, 1.82) is 0 Å². The van der Waals surface area contributed by atoms with Gasteiger partial charge in [-0.15, -0.1) is 0 Å². The standard InChI is InChI=1S/C15H24ClN3O/c1-10(2)6-5-7-11(3)19-15(20)12-8-13(16)14(17-4)18-9-12/h8-11H,5-7H2,1-4H3,(H,17,18)(H,19,20). The Balaban J connectivity index is 2.51. The first-order valence-corrected chi connectivity index (χ1v) is 7.46. The third kappa shape index (κ3) is 5.37. The molecule has 0 spiro atoms. The highest BCUT2D eigenvalue weighted by molar-refractivity contribution is 6.33. The predicted molar refractivity (Wildman–Crippen MR) is 84.4 cm³/mol. The minimum absolute atomic E-state index is 0.126. The number of amides is 1. The molecular weight excluding hydrogens is 274 g/mol. The molecule has 0 aliphatic carbocycles. The summed E-state index contributed by atoms with van der Waals surface area (Å²) in [5.74, 6) is 1.15. The third-order valence-electron chi connectivity index (χ3n) is 3.14. The van der Waals surface area contributed by atoms with E-state index < -0.39 is 0 Å². The van der Waals surface area contributed by atoms with Crippen LogP contribution < -0.4 is 10.6 Å². The molecule has 5 heteroatoms. The molecule has 1 atom stereocenters. The van der Waals surface area contributed by atoms with Crippen molar-refractivity contribution in [2.45, 2.75) is 46.1 Å². The van der Waals surface area contributed by atoms with E-state index in [1.165, 1.54) is 12.6 Å². The first-order chi connectivity index (χ1) is 9.43. The lowest BCUT2D eigenvalue weighted by atomic mass is 10.0. The first-order valence-electron chi connectivity index (χ1n) is 7.08. The fourth-order valence-corrected chi connectivity index (χ4v) is 2.22. The molecule has 1 aromatic rings. The van der Waals surface area contributed by atoms with Crippen LogP contribution in [0.25, 0.3) is 0 Å². The van der Waals surface area contributed by atoms with Crippen LogP contribution in [-0.2, 0) is 0 Å². The average Bonchev–Trinajstić information content (AvgIpc) is 2.38. The second-order valence-corrected chi connectivity index (χ2v) is 5.91. The van der Waals surface area contributed by atoms with Gasteiger partial charge in [-0.25, -0.2) is 4.98 Å². The van der Waals surface area contributed by atoms with Crippen molar-refractivity contribution in [2.75, 3.05) is 12.4 Å². The van der Waals surface area contributed by atoms with Gasteiger partial charge in [-0.1, -0.05) is 38.3 Å². The van der Waals surface area contributed by atoms with Crippen LogP contribution in [-0.4, -0.2) is 24.0 Å². The molecule has 1 amide bonds. The van der Waals surface area contributed by atoms with Crippen molar-refractivity contribution in [3.63, 3.8) is 0 Å². The maximum Gasteiger partial charge on any atom is 0.253 e. The number of carbonyl (C=O) groups excluding carboxylic acids is 1. The predicted octanol–water partition coefficient (Wildman–Crippen LogP) is 3.72. The minimum atomic E-state index is -0.126. The Morgan fingerprint density at radius 3 is 2.60 bits per heavy atom. The summed E-state index contributed by atoms with van der Waals surface area (Å²) in [5, 5.41) is 6.29. The molecule has 0 saturated heterocycles. The molecule has 112 valence electrons. The van der Waals surface area contributed by atoms with E-state index in [-0.39, 0.29) is 11.9 Å². The summed E-state index contributed by atoms with van der Waals surface area (Å²) in [6.07, 6.45) is 4.83. The first kappa shape index (κ1) is 16.8. The van der Waals surface area contributed by atoms with Gasteiger partial charge in [0.2, 0.25) is 0 Å². The van der Waals surface area contributed by atoms with Crippen molar-refractivity contribution in [1.82, 2.24) is 10.3 Å². The Labute approximate surface area is 126 Å². The van der Waals surface area contributed by atoms with Gasteiger partial charge in [0.25, 0.3) is 5.91 Å². The third-order valence-corrected chi connectivity index (χ3v) is 3.42. The monoisotopic (exact) mass is 297 g/mol. The molecule has 0 radical (unpaired) electrons. The summed E-state index contributed by atoms with van der Waals surface area (Å²) >= 11 is 6.02. The zero-order chi connectivity index (χ0) is 15.1. The maximum absolute atomic E-state index is 12.1. The highest BCUT2D eigenvalue weighted by Gasteiger charge is 2.12. The van der Waals surface area contributed by atoms with Crippen LogP contribution in [0.3, 0.4) is 0 Å². The summed E-state index contributed by atoms with van der Waals surface area (Å²) in [7, 11) is 1.74. The van der Waals surface area contributed by atoms with Crippen LogP contribution in [0, 0.1) is 5.92 Å². The summed E-state index contributed by atoms with van der Waals surface area (Å²) in [6.45, 7) is 6.44. The van der Waals surface area contributed by atoms with Gasteiger partial charge in [0.15, 0.2) is 0 Å². The number of halogens is 1.